The molecule has 78 valence electrons. The van der Waals surface area contributed by atoms with Gasteiger partial charge in [-0.1, -0.05) is 0 Å². The van der Waals surface area contributed by atoms with Crippen molar-refractivity contribution in [3.05, 3.63) is 28.3 Å². The molecule has 0 radical (unpaired) electrons. The Morgan fingerprint density at radius 2 is 2.33 bits per heavy atom. The zero-order valence-electron chi connectivity index (χ0n) is 7.54. The Hall–Kier alpha value is -1.39. The molecule has 0 amide bonds. The Bertz CT molecular complexity index is 417. The van der Waals surface area contributed by atoms with E-state index in [1.165, 1.54) is 17.8 Å². The first-order valence-corrected chi connectivity index (χ1v) is 5.80. The van der Waals surface area contributed by atoms with Crippen LogP contribution in [0.1, 0.15) is 0 Å². The van der Waals surface area contributed by atoms with Crippen molar-refractivity contribution in [1.29, 1.82) is 5.26 Å². The molecule has 0 aliphatic rings. The highest BCUT2D eigenvalue weighted by Crippen LogP contribution is 2.29. The molecule has 0 aromatic heterocycles. The second-order valence-electron chi connectivity index (χ2n) is 2.48. The molecule has 1 aromatic carbocycles. The van der Waals surface area contributed by atoms with Gasteiger partial charge >= 0.3 is 0 Å². The highest BCUT2D eigenvalue weighted by Gasteiger charge is 2.10. The van der Waals surface area contributed by atoms with E-state index in [0.29, 0.717) is 5.08 Å². The van der Waals surface area contributed by atoms with Gasteiger partial charge in [-0.05, 0) is 23.9 Å². The zero-order valence-corrected chi connectivity index (χ0v) is 9.18. The SMILES string of the molecule is N#CSCSc1ccc([N+](=O)[O-])c(N)c1. The van der Waals surface area contributed by atoms with Crippen molar-refractivity contribution in [2.75, 3.05) is 10.8 Å². The van der Waals surface area contributed by atoms with Gasteiger partial charge in [-0.15, -0.1) is 11.8 Å². The minimum atomic E-state index is -0.520. The molecule has 0 spiro atoms. The van der Waals surface area contributed by atoms with Crippen molar-refractivity contribution >= 4 is 34.9 Å². The van der Waals surface area contributed by atoms with Crippen molar-refractivity contribution in [3.8, 4) is 5.40 Å². The van der Waals surface area contributed by atoms with Gasteiger partial charge in [-0.2, -0.15) is 5.26 Å². The van der Waals surface area contributed by atoms with Crippen LogP contribution >= 0.6 is 23.5 Å². The van der Waals surface area contributed by atoms with Crippen LogP contribution < -0.4 is 5.73 Å². The Morgan fingerprint density at radius 3 is 2.87 bits per heavy atom. The van der Waals surface area contributed by atoms with Crippen molar-refractivity contribution < 1.29 is 4.92 Å². The summed E-state index contributed by atoms with van der Waals surface area (Å²) in [6.45, 7) is 0. The Balaban J connectivity index is 2.74. The highest BCUT2D eigenvalue weighted by molar-refractivity contribution is 8.18. The molecular formula is C8H7N3O2S2. The van der Waals surface area contributed by atoms with E-state index >= 15 is 0 Å². The van der Waals surface area contributed by atoms with Gasteiger partial charge < -0.3 is 5.73 Å². The van der Waals surface area contributed by atoms with Gasteiger partial charge in [0, 0.05) is 11.0 Å². The van der Waals surface area contributed by atoms with E-state index in [-0.39, 0.29) is 11.4 Å². The Kier molecular flexibility index (Phi) is 4.27. The summed E-state index contributed by atoms with van der Waals surface area (Å²) < 4.78 is 0. The molecule has 1 aromatic rings. The number of nitrogen functional groups attached to an aromatic ring is 1. The first-order valence-electron chi connectivity index (χ1n) is 3.82. The van der Waals surface area contributed by atoms with E-state index in [0.717, 1.165) is 16.7 Å². The molecule has 0 saturated heterocycles. The lowest BCUT2D eigenvalue weighted by atomic mass is 10.3. The highest BCUT2D eigenvalue weighted by atomic mass is 32.2. The summed E-state index contributed by atoms with van der Waals surface area (Å²) in [6, 6.07) is 4.53. The number of nitro groups is 1. The zero-order chi connectivity index (χ0) is 11.3. The predicted octanol–water partition coefficient (Wildman–Crippen LogP) is 2.44. The molecule has 2 N–H and O–H groups in total. The molecule has 0 saturated carbocycles. The molecule has 0 aliphatic heterocycles. The summed E-state index contributed by atoms with van der Waals surface area (Å²) in [5.74, 6) is 0. The Morgan fingerprint density at radius 1 is 1.60 bits per heavy atom. The lowest BCUT2D eigenvalue weighted by molar-refractivity contribution is -0.383. The Labute approximate surface area is 94.8 Å². The molecule has 0 unspecified atom stereocenters. The normalized spacial score (nSPS) is 9.53. The summed E-state index contributed by atoms with van der Waals surface area (Å²) in [7, 11) is 0. The van der Waals surface area contributed by atoms with Gasteiger partial charge in [-0.25, -0.2) is 0 Å². The summed E-state index contributed by atoms with van der Waals surface area (Å²) in [5.41, 5.74) is 5.55. The van der Waals surface area contributed by atoms with E-state index in [1.54, 1.807) is 12.1 Å². The fourth-order valence-corrected chi connectivity index (χ4v) is 2.28. The second-order valence-corrected chi connectivity index (χ2v) is 4.65. The first-order chi connectivity index (χ1) is 7.15. The monoisotopic (exact) mass is 241 g/mol. The molecule has 0 heterocycles. The fraction of sp³-hybridized carbons (Fsp3) is 0.125. The quantitative estimate of drug-likeness (QED) is 0.165. The van der Waals surface area contributed by atoms with Gasteiger partial charge in [0.15, 0.2) is 0 Å². The van der Waals surface area contributed by atoms with Crippen LogP contribution in [0.3, 0.4) is 0 Å². The second kappa shape index (κ2) is 5.48. The van der Waals surface area contributed by atoms with Gasteiger partial charge in [0.25, 0.3) is 5.69 Å². The van der Waals surface area contributed by atoms with E-state index in [4.69, 9.17) is 11.0 Å². The largest absolute Gasteiger partial charge is 0.393 e. The average molecular weight is 241 g/mol. The minimum absolute atomic E-state index is 0.0905. The molecule has 0 aliphatic carbocycles. The number of hydrogen-bond acceptors (Lipinski definition) is 6. The summed E-state index contributed by atoms with van der Waals surface area (Å²) >= 11 is 2.53. The van der Waals surface area contributed by atoms with Gasteiger partial charge in [0.2, 0.25) is 0 Å². The maximum absolute atomic E-state index is 10.5. The molecule has 0 bridgehead atoms. The van der Waals surface area contributed by atoms with Gasteiger partial charge in [0.1, 0.15) is 11.1 Å². The number of nitro benzene ring substituents is 1. The number of thiocyanates is 1. The third-order valence-corrected chi connectivity index (χ3v) is 3.20. The van der Waals surface area contributed by atoms with E-state index in [2.05, 4.69) is 0 Å². The van der Waals surface area contributed by atoms with Crippen molar-refractivity contribution in [2.24, 2.45) is 0 Å². The third kappa shape index (κ3) is 3.34. The molecule has 1 rings (SSSR count). The predicted molar refractivity (Wildman–Crippen MR) is 61.4 cm³/mol. The van der Waals surface area contributed by atoms with Gasteiger partial charge in [0.05, 0.1) is 10.0 Å². The maximum atomic E-state index is 10.5. The van der Waals surface area contributed by atoms with Crippen molar-refractivity contribution in [3.63, 3.8) is 0 Å². The number of thioether (sulfide) groups is 2. The van der Waals surface area contributed by atoms with Gasteiger partial charge in [-0.3, -0.25) is 10.1 Å². The number of hydrogen-bond donors (Lipinski definition) is 1. The van der Waals surface area contributed by atoms with Crippen LogP contribution in [-0.2, 0) is 0 Å². The van der Waals surface area contributed by atoms with Crippen LogP contribution in [0.25, 0.3) is 0 Å². The van der Waals surface area contributed by atoms with Crippen LogP contribution in [0.15, 0.2) is 23.1 Å². The average Bonchev–Trinajstić information content (AvgIpc) is 2.17. The number of rotatable bonds is 4. The number of benzene rings is 1. The van der Waals surface area contributed by atoms with Crippen LogP contribution in [0.4, 0.5) is 11.4 Å². The molecule has 7 heteroatoms. The topological polar surface area (TPSA) is 92.9 Å². The molecule has 5 nitrogen and oxygen atoms in total. The summed E-state index contributed by atoms with van der Waals surface area (Å²) in [4.78, 5) is 10.8. The lowest BCUT2D eigenvalue weighted by Crippen LogP contribution is -1.95. The third-order valence-electron chi connectivity index (χ3n) is 1.54. The van der Waals surface area contributed by atoms with Crippen molar-refractivity contribution in [2.45, 2.75) is 4.90 Å². The maximum Gasteiger partial charge on any atom is 0.292 e. The van der Waals surface area contributed by atoms with Crippen LogP contribution in [-0.4, -0.2) is 10.0 Å². The number of nitrogens with zero attached hydrogens (tertiary/aromatic N) is 2. The number of nitrogens with two attached hydrogens (primary N) is 1. The molecule has 0 fully saturated rings. The standard InChI is InChI=1S/C8H7N3O2S2/c9-4-14-5-15-6-1-2-8(11(12)13)7(10)3-6/h1-3H,5,10H2. The molecule has 15 heavy (non-hydrogen) atoms. The minimum Gasteiger partial charge on any atom is -0.393 e. The summed E-state index contributed by atoms with van der Waals surface area (Å²) in [5, 5.41) is 21.3. The number of anilines is 1. The van der Waals surface area contributed by atoms with Crippen molar-refractivity contribution in [1.82, 2.24) is 0 Å². The molecule has 0 atom stereocenters. The van der Waals surface area contributed by atoms with E-state index < -0.39 is 4.92 Å². The van der Waals surface area contributed by atoms with Crippen LogP contribution in [0.5, 0.6) is 0 Å². The molecular weight excluding hydrogens is 234 g/mol. The number of nitriles is 1. The first kappa shape index (κ1) is 11.7. The fourth-order valence-electron chi connectivity index (χ4n) is 0.913. The van der Waals surface area contributed by atoms with Crippen LogP contribution in [0.2, 0.25) is 0 Å². The van der Waals surface area contributed by atoms with E-state index in [1.807, 2.05) is 5.40 Å². The lowest BCUT2D eigenvalue weighted by Gasteiger charge is -2.00. The van der Waals surface area contributed by atoms with E-state index in [9.17, 15) is 10.1 Å². The smallest absolute Gasteiger partial charge is 0.292 e. The van der Waals surface area contributed by atoms with Crippen LogP contribution in [0, 0.1) is 20.8 Å². The summed E-state index contributed by atoms with van der Waals surface area (Å²) in [6.07, 6.45) is 0.